The van der Waals surface area contributed by atoms with Crippen LogP contribution in [0.3, 0.4) is 0 Å². The highest BCUT2D eigenvalue weighted by molar-refractivity contribution is 5.13. The van der Waals surface area contributed by atoms with Gasteiger partial charge in [0.2, 0.25) is 0 Å². The lowest BCUT2D eigenvalue weighted by Gasteiger charge is -2.09. The van der Waals surface area contributed by atoms with Crippen LogP contribution in [0.5, 0.6) is 0 Å². The van der Waals surface area contributed by atoms with Crippen molar-refractivity contribution in [3.05, 3.63) is 0 Å². The Kier molecular flexibility index (Phi) is 2.05. The maximum Gasteiger partial charge on any atom is 0.250 e. The van der Waals surface area contributed by atoms with Crippen LogP contribution in [0, 0.1) is 29.6 Å². The molecule has 3 saturated carbocycles. The zero-order chi connectivity index (χ0) is 9.71. The van der Waals surface area contributed by atoms with Crippen molar-refractivity contribution in [1.82, 2.24) is 5.32 Å². The van der Waals surface area contributed by atoms with E-state index < -0.39 is 6.43 Å². The largest absolute Gasteiger partial charge is 0.311 e. The second-order valence-corrected chi connectivity index (χ2v) is 5.20. The standard InChI is InChI=1S/C11H17F2N/c12-9(13)5-14-4-8-10-6-1-2-7(3-6)11(8)10/h6-11,14H,1-5H2. The first-order chi connectivity index (χ1) is 6.77. The van der Waals surface area contributed by atoms with Gasteiger partial charge in [0.25, 0.3) is 6.43 Å². The van der Waals surface area contributed by atoms with Crippen molar-refractivity contribution in [2.75, 3.05) is 13.1 Å². The predicted octanol–water partition coefficient (Wildman–Crippen LogP) is 2.13. The number of nitrogens with one attached hydrogen (secondary N) is 1. The lowest BCUT2D eigenvalue weighted by Crippen LogP contribution is -2.25. The lowest BCUT2D eigenvalue weighted by atomic mass is 10.0. The van der Waals surface area contributed by atoms with Gasteiger partial charge in [-0.15, -0.1) is 0 Å². The van der Waals surface area contributed by atoms with E-state index in [9.17, 15) is 8.78 Å². The third kappa shape index (κ3) is 1.28. The molecule has 80 valence electrons. The van der Waals surface area contributed by atoms with Gasteiger partial charge in [-0.2, -0.15) is 0 Å². The Labute approximate surface area is 83.3 Å². The maximum absolute atomic E-state index is 11.9. The van der Waals surface area contributed by atoms with E-state index >= 15 is 0 Å². The zero-order valence-electron chi connectivity index (χ0n) is 8.26. The molecule has 0 aromatic carbocycles. The van der Waals surface area contributed by atoms with Crippen LogP contribution in [0.2, 0.25) is 0 Å². The van der Waals surface area contributed by atoms with Crippen LogP contribution >= 0.6 is 0 Å². The molecule has 0 aromatic heterocycles. The summed E-state index contributed by atoms with van der Waals surface area (Å²) < 4.78 is 23.8. The molecule has 0 heterocycles. The van der Waals surface area contributed by atoms with E-state index in [-0.39, 0.29) is 6.54 Å². The minimum Gasteiger partial charge on any atom is -0.311 e. The summed E-state index contributed by atoms with van der Waals surface area (Å²) in [6.07, 6.45) is 2.08. The van der Waals surface area contributed by atoms with E-state index in [1.165, 1.54) is 19.3 Å². The number of alkyl halides is 2. The van der Waals surface area contributed by atoms with E-state index in [4.69, 9.17) is 0 Å². The Morgan fingerprint density at radius 3 is 2.36 bits per heavy atom. The molecule has 0 amide bonds. The van der Waals surface area contributed by atoms with Crippen molar-refractivity contribution in [3.8, 4) is 0 Å². The average molecular weight is 201 g/mol. The minimum absolute atomic E-state index is 0.120. The van der Waals surface area contributed by atoms with Crippen LogP contribution in [0.25, 0.3) is 0 Å². The first kappa shape index (κ1) is 9.08. The highest BCUT2D eigenvalue weighted by Gasteiger charge is 2.64. The van der Waals surface area contributed by atoms with Gasteiger partial charge in [-0.05, 0) is 55.4 Å². The molecule has 0 saturated heterocycles. The highest BCUT2D eigenvalue weighted by Crippen LogP contribution is 2.69. The summed E-state index contributed by atoms with van der Waals surface area (Å²) in [6.45, 7) is 0.720. The second kappa shape index (κ2) is 3.16. The summed E-state index contributed by atoms with van der Waals surface area (Å²) in [5.41, 5.74) is 0. The predicted molar refractivity (Wildman–Crippen MR) is 50.2 cm³/mol. The Hall–Kier alpha value is -0.180. The average Bonchev–Trinajstić information content (AvgIpc) is 2.57. The van der Waals surface area contributed by atoms with Gasteiger partial charge in [-0.25, -0.2) is 8.78 Å². The summed E-state index contributed by atoms with van der Waals surface area (Å²) >= 11 is 0. The van der Waals surface area contributed by atoms with Gasteiger partial charge >= 0.3 is 0 Å². The van der Waals surface area contributed by atoms with Crippen molar-refractivity contribution < 1.29 is 8.78 Å². The molecule has 0 radical (unpaired) electrons. The van der Waals surface area contributed by atoms with Crippen LogP contribution in [0.1, 0.15) is 19.3 Å². The van der Waals surface area contributed by atoms with E-state index in [0.717, 1.165) is 36.1 Å². The number of fused-ring (bicyclic) bond motifs is 5. The van der Waals surface area contributed by atoms with Crippen LogP contribution in [0.4, 0.5) is 8.78 Å². The van der Waals surface area contributed by atoms with Crippen molar-refractivity contribution >= 4 is 0 Å². The van der Waals surface area contributed by atoms with Crippen molar-refractivity contribution in [1.29, 1.82) is 0 Å². The zero-order valence-corrected chi connectivity index (χ0v) is 8.26. The fourth-order valence-electron chi connectivity index (χ4n) is 4.14. The normalized spacial score (nSPS) is 48.6. The minimum atomic E-state index is -2.19. The van der Waals surface area contributed by atoms with Gasteiger partial charge in [0.1, 0.15) is 0 Å². The first-order valence-electron chi connectivity index (χ1n) is 5.76. The molecule has 4 atom stereocenters. The molecule has 14 heavy (non-hydrogen) atoms. The molecule has 3 rings (SSSR count). The fourth-order valence-corrected chi connectivity index (χ4v) is 4.14. The topological polar surface area (TPSA) is 12.0 Å². The molecule has 0 aromatic rings. The first-order valence-corrected chi connectivity index (χ1v) is 5.76. The molecule has 3 fully saturated rings. The second-order valence-electron chi connectivity index (χ2n) is 5.20. The Balaban J connectivity index is 1.45. The highest BCUT2D eigenvalue weighted by atomic mass is 19.3. The van der Waals surface area contributed by atoms with Gasteiger partial charge in [-0.1, -0.05) is 0 Å². The fraction of sp³-hybridized carbons (Fsp3) is 1.00. The molecular weight excluding hydrogens is 184 g/mol. The molecule has 3 aliphatic carbocycles. The number of halogens is 2. The van der Waals surface area contributed by atoms with Crippen molar-refractivity contribution in [2.24, 2.45) is 29.6 Å². The summed E-state index contributed by atoms with van der Waals surface area (Å²) in [4.78, 5) is 0. The summed E-state index contributed by atoms with van der Waals surface area (Å²) in [5, 5.41) is 2.89. The van der Waals surface area contributed by atoms with Gasteiger partial charge in [0.05, 0.1) is 6.54 Å². The van der Waals surface area contributed by atoms with Gasteiger partial charge in [0.15, 0.2) is 0 Å². The molecule has 2 bridgehead atoms. The van der Waals surface area contributed by atoms with E-state index in [1.54, 1.807) is 0 Å². The van der Waals surface area contributed by atoms with Crippen LogP contribution in [-0.4, -0.2) is 19.5 Å². The van der Waals surface area contributed by atoms with Crippen LogP contribution in [0.15, 0.2) is 0 Å². The molecule has 3 heteroatoms. The van der Waals surface area contributed by atoms with Crippen molar-refractivity contribution in [2.45, 2.75) is 25.7 Å². The van der Waals surface area contributed by atoms with Gasteiger partial charge in [-0.3, -0.25) is 0 Å². The smallest absolute Gasteiger partial charge is 0.250 e. The molecule has 3 aliphatic rings. The summed E-state index contributed by atoms with van der Waals surface area (Å²) in [6, 6.07) is 0. The van der Waals surface area contributed by atoms with Gasteiger partial charge in [0, 0.05) is 0 Å². The third-order valence-electron chi connectivity index (χ3n) is 4.57. The SMILES string of the molecule is FC(F)CNCC1C2C3CCC(C3)C12. The van der Waals surface area contributed by atoms with Crippen LogP contribution in [-0.2, 0) is 0 Å². The lowest BCUT2D eigenvalue weighted by molar-refractivity contribution is 0.145. The Morgan fingerprint density at radius 2 is 1.79 bits per heavy atom. The quantitative estimate of drug-likeness (QED) is 0.734. The third-order valence-corrected chi connectivity index (χ3v) is 4.57. The molecule has 0 aliphatic heterocycles. The molecule has 1 N–H and O–H groups in total. The molecule has 4 unspecified atom stereocenters. The van der Waals surface area contributed by atoms with Crippen LogP contribution < -0.4 is 5.32 Å². The molecule has 0 spiro atoms. The Morgan fingerprint density at radius 1 is 1.14 bits per heavy atom. The molecule has 1 nitrogen and oxygen atoms in total. The summed E-state index contributed by atoms with van der Waals surface area (Å²) in [5.74, 6) is 4.50. The maximum atomic E-state index is 11.9. The number of hydrogen-bond acceptors (Lipinski definition) is 1. The van der Waals surface area contributed by atoms with Gasteiger partial charge < -0.3 is 5.32 Å². The van der Waals surface area contributed by atoms with Crippen molar-refractivity contribution in [3.63, 3.8) is 0 Å². The Bertz CT molecular complexity index is 215. The van der Waals surface area contributed by atoms with E-state index in [2.05, 4.69) is 5.32 Å². The number of hydrogen-bond donors (Lipinski definition) is 1. The number of rotatable bonds is 4. The monoisotopic (exact) mass is 201 g/mol. The molecular formula is C11H17F2N. The van der Waals surface area contributed by atoms with E-state index in [0.29, 0.717) is 0 Å². The summed E-state index contributed by atoms with van der Waals surface area (Å²) in [7, 11) is 0. The van der Waals surface area contributed by atoms with E-state index in [1.807, 2.05) is 0 Å².